The summed E-state index contributed by atoms with van der Waals surface area (Å²) in [6, 6.07) is 14.1. The van der Waals surface area contributed by atoms with Crippen LogP contribution in [0.2, 0.25) is 10.0 Å². The number of hydrazone groups is 1. The molecule has 5 rings (SSSR count). The maximum absolute atomic E-state index is 6.48. The summed E-state index contributed by atoms with van der Waals surface area (Å²) in [5.74, 6) is 1.49. The highest BCUT2D eigenvalue weighted by Gasteiger charge is 2.43. The molecule has 140 valence electrons. The van der Waals surface area contributed by atoms with E-state index in [0.717, 1.165) is 39.1 Å². The molecular formula is C22H22Cl2N2O. The van der Waals surface area contributed by atoms with Gasteiger partial charge in [-0.3, -0.25) is 0 Å². The van der Waals surface area contributed by atoms with Crippen molar-refractivity contribution in [3.63, 3.8) is 0 Å². The summed E-state index contributed by atoms with van der Waals surface area (Å²) in [6.07, 6.45) is 7.19. The molecule has 5 heteroatoms. The first-order valence-corrected chi connectivity index (χ1v) is 10.5. The van der Waals surface area contributed by atoms with Gasteiger partial charge in [0.1, 0.15) is 5.75 Å². The molecule has 0 N–H and O–H groups in total. The van der Waals surface area contributed by atoms with Crippen LogP contribution in [0.15, 0.2) is 47.6 Å². The lowest BCUT2D eigenvalue weighted by atomic mass is 9.86. The fraction of sp³-hybridized carbons (Fsp3) is 0.409. The second-order valence-corrected chi connectivity index (χ2v) is 8.62. The van der Waals surface area contributed by atoms with Crippen molar-refractivity contribution >= 4 is 28.9 Å². The van der Waals surface area contributed by atoms with Crippen LogP contribution in [0.5, 0.6) is 5.75 Å². The Hall–Kier alpha value is -1.71. The van der Waals surface area contributed by atoms with Gasteiger partial charge >= 0.3 is 0 Å². The first-order chi connectivity index (χ1) is 13.2. The van der Waals surface area contributed by atoms with E-state index < -0.39 is 0 Å². The Labute approximate surface area is 169 Å². The molecule has 0 spiro atoms. The van der Waals surface area contributed by atoms with Crippen molar-refractivity contribution in [1.29, 1.82) is 0 Å². The van der Waals surface area contributed by atoms with Gasteiger partial charge < -0.3 is 4.74 Å². The lowest BCUT2D eigenvalue weighted by Gasteiger charge is -2.42. The van der Waals surface area contributed by atoms with E-state index >= 15 is 0 Å². The minimum atomic E-state index is 0.00813. The van der Waals surface area contributed by atoms with E-state index in [1.165, 1.54) is 32.1 Å². The molecule has 2 aromatic rings. The van der Waals surface area contributed by atoms with Gasteiger partial charge in [-0.05, 0) is 48.7 Å². The maximum atomic E-state index is 6.48. The number of fused-ring (bicyclic) bond motifs is 3. The van der Waals surface area contributed by atoms with Gasteiger partial charge in [0.2, 0.25) is 0 Å². The van der Waals surface area contributed by atoms with Crippen LogP contribution in [-0.2, 0) is 0 Å². The van der Waals surface area contributed by atoms with Crippen LogP contribution in [0, 0.1) is 5.92 Å². The summed E-state index contributed by atoms with van der Waals surface area (Å²) >= 11 is 12.4. The standard InChI is InChI=1S/C22H22Cl2N2O/c23-16-8-6-14(7-9-16)19-13-20-18-12-17(24)10-11-21(18)27-22(26(20)25-19)15-4-2-1-3-5-15/h6-12,15,20,22H,1-5,13H2. The van der Waals surface area contributed by atoms with Crippen LogP contribution in [0.3, 0.4) is 0 Å². The molecule has 2 aliphatic heterocycles. The van der Waals surface area contributed by atoms with Gasteiger partial charge in [0.05, 0.1) is 11.8 Å². The second-order valence-electron chi connectivity index (χ2n) is 7.74. The van der Waals surface area contributed by atoms with Crippen LogP contribution in [0.4, 0.5) is 0 Å². The molecule has 3 nitrogen and oxygen atoms in total. The highest BCUT2D eigenvalue weighted by molar-refractivity contribution is 6.31. The van der Waals surface area contributed by atoms with Crippen molar-refractivity contribution in [2.75, 3.05) is 0 Å². The third-order valence-electron chi connectivity index (χ3n) is 6.01. The van der Waals surface area contributed by atoms with Crippen LogP contribution in [0.1, 0.15) is 55.7 Å². The molecule has 0 radical (unpaired) electrons. The maximum Gasteiger partial charge on any atom is 0.190 e. The van der Waals surface area contributed by atoms with E-state index in [-0.39, 0.29) is 12.3 Å². The number of benzene rings is 2. The number of hydrogen-bond acceptors (Lipinski definition) is 3. The van der Waals surface area contributed by atoms with E-state index in [2.05, 4.69) is 17.1 Å². The first-order valence-electron chi connectivity index (χ1n) is 9.77. The largest absolute Gasteiger partial charge is 0.468 e. The third-order valence-corrected chi connectivity index (χ3v) is 6.50. The molecule has 0 amide bonds. The number of nitrogens with zero attached hydrogens (tertiary/aromatic N) is 2. The zero-order chi connectivity index (χ0) is 18.4. The SMILES string of the molecule is Clc1ccc(C2=NN3C(C2)c2cc(Cl)ccc2OC3C2CCCCC2)cc1. The Morgan fingerprint density at radius 1 is 0.926 bits per heavy atom. The zero-order valence-corrected chi connectivity index (χ0v) is 16.6. The van der Waals surface area contributed by atoms with Crippen molar-refractivity contribution in [3.05, 3.63) is 63.6 Å². The quantitative estimate of drug-likeness (QED) is 0.578. The average Bonchev–Trinajstić information content (AvgIpc) is 3.14. The number of hydrogen-bond donors (Lipinski definition) is 0. The Kier molecular flexibility index (Phi) is 4.53. The Morgan fingerprint density at radius 2 is 1.67 bits per heavy atom. The normalized spacial score (nSPS) is 24.8. The van der Waals surface area contributed by atoms with Crippen molar-refractivity contribution in [2.24, 2.45) is 11.0 Å². The molecule has 1 saturated carbocycles. The average molecular weight is 401 g/mol. The molecule has 1 aliphatic carbocycles. The lowest BCUT2D eigenvalue weighted by Crippen LogP contribution is -2.45. The predicted molar refractivity (Wildman–Crippen MR) is 110 cm³/mol. The van der Waals surface area contributed by atoms with Gasteiger partial charge in [-0.25, -0.2) is 5.01 Å². The summed E-state index contributed by atoms with van der Waals surface area (Å²) in [6.45, 7) is 0. The molecule has 2 aromatic carbocycles. The highest BCUT2D eigenvalue weighted by atomic mass is 35.5. The Bertz CT molecular complexity index is 874. The topological polar surface area (TPSA) is 24.8 Å². The summed E-state index contributed by atoms with van der Waals surface area (Å²) in [5, 5.41) is 8.73. The third kappa shape index (κ3) is 3.21. The van der Waals surface area contributed by atoms with E-state index in [1.54, 1.807) is 0 Å². The van der Waals surface area contributed by atoms with Crippen molar-refractivity contribution in [3.8, 4) is 5.75 Å². The lowest BCUT2D eigenvalue weighted by molar-refractivity contribution is -0.0643. The molecule has 0 aromatic heterocycles. The van der Waals surface area contributed by atoms with Gasteiger partial charge in [-0.1, -0.05) is 54.6 Å². The molecule has 3 aliphatic rings. The molecule has 1 fully saturated rings. The fourth-order valence-corrected chi connectivity index (χ4v) is 4.94. The van der Waals surface area contributed by atoms with Crippen LogP contribution in [0.25, 0.3) is 0 Å². The van der Waals surface area contributed by atoms with Crippen molar-refractivity contribution < 1.29 is 4.74 Å². The predicted octanol–water partition coefficient (Wildman–Crippen LogP) is 6.44. The van der Waals surface area contributed by atoms with Gasteiger partial charge in [-0.15, -0.1) is 0 Å². The minimum Gasteiger partial charge on any atom is -0.468 e. The second kappa shape index (κ2) is 7.03. The highest BCUT2D eigenvalue weighted by Crippen LogP contribution is 2.47. The molecule has 0 bridgehead atoms. The van der Waals surface area contributed by atoms with E-state index in [4.69, 9.17) is 33.0 Å². The minimum absolute atomic E-state index is 0.00813. The summed E-state index contributed by atoms with van der Waals surface area (Å²) in [5.41, 5.74) is 3.36. The van der Waals surface area contributed by atoms with E-state index in [1.807, 2.05) is 30.3 Å². The van der Waals surface area contributed by atoms with Crippen LogP contribution in [-0.4, -0.2) is 16.9 Å². The molecule has 2 heterocycles. The van der Waals surface area contributed by atoms with Gasteiger partial charge in [0.25, 0.3) is 0 Å². The van der Waals surface area contributed by atoms with Gasteiger partial charge in [0.15, 0.2) is 6.23 Å². The Balaban J connectivity index is 1.53. The molecule has 2 atom stereocenters. The summed E-state index contributed by atoms with van der Waals surface area (Å²) in [4.78, 5) is 0. The van der Waals surface area contributed by atoms with Crippen molar-refractivity contribution in [2.45, 2.75) is 50.8 Å². The van der Waals surface area contributed by atoms with Crippen LogP contribution >= 0.6 is 23.2 Å². The number of rotatable bonds is 2. The van der Waals surface area contributed by atoms with E-state index in [9.17, 15) is 0 Å². The monoisotopic (exact) mass is 400 g/mol. The van der Waals surface area contributed by atoms with Crippen molar-refractivity contribution in [1.82, 2.24) is 5.01 Å². The fourth-order valence-electron chi connectivity index (χ4n) is 4.63. The van der Waals surface area contributed by atoms with Gasteiger partial charge in [0, 0.05) is 27.9 Å². The Morgan fingerprint density at radius 3 is 2.44 bits per heavy atom. The number of ether oxygens (including phenoxy) is 1. The summed E-state index contributed by atoms with van der Waals surface area (Å²) < 4.78 is 6.48. The smallest absolute Gasteiger partial charge is 0.190 e. The summed E-state index contributed by atoms with van der Waals surface area (Å²) in [7, 11) is 0. The van der Waals surface area contributed by atoms with E-state index in [0.29, 0.717) is 5.92 Å². The molecule has 0 saturated heterocycles. The number of halogens is 2. The molecular weight excluding hydrogens is 379 g/mol. The van der Waals surface area contributed by atoms with Gasteiger partial charge in [-0.2, -0.15) is 5.10 Å². The molecule has 27 heavy (non-hydrogen) atoms. The molecule has 2 unspecified atom stereocenters. The zero-order valence-electron chi connectivity index (χ0n) is 15.1. The first kappa shape index (κ1) is 17.4. The van der Waals surface area contributed by atoms with Crippen LogP contribution < -0.4 is 4.74 Å².